The fourth-order valence-electron chi connectivity index (χ4n) is 2.15. The van der Waals surface area contributed by atoms with Crippen molar-refractivity contribution in [1.82, 2.24) is 15.3 Å². The third-order valence-electron chi connectivity index (χ3n) is 3.41. The Labute approximate surface area is 137 Å². The van der Waals surface area contributed by atoms with Gasteiger partial charge in [-0.3, -0.25) is 4.79 Å². The lowest BCUT2D eigenvalue weighted by Gasteiger charge is -2.08. The Kier molecular flexibility index (Phi) is 4.52. The highest BCUT2D eigenvalue weighted by Crippen LogP contribution is 2.21. The number of hydrogen-bond donors (Lipinski definition) is 2. The van der Waals surface area contributed by atoms with E-state index in [0.717, 1.165) is 46.1 Å². The number of fused-ring (bicyclic) bond motifs is 1. The molecule has 3 rings (SSSR count). The Hall–Kier alpha value is -1.44. The van der Waals surface area contributed by atoms with Crippen LogP contribution < -0.4 is 10.6 Å². The minimum atomic E-state index is 0.154. The topological polar surface area (TPSA) is 66.9 Å². The standard InChI is InChI=1S/C15H17IN4O/c16-10-3-6-13-12(8-10)15(19-9-18-13)17-7-1-2-14(21)20-11-4-5-11/h3,6,8-9,11H,1-2,4-5,7H2,(H,20,21)(H,17,18,19). The molecule has 1 saturated carbocycles. The van der Waals surface area contributed by atoms with Crippen LogP contribution in [0.3, 0.4) is 0 Å². The summed E-state index contributed by atoms with van der Waals surface area (Å²) in [5.41, 5.74) is 0.930. The molecule has 1 amide bonds. The van der Waals surface area contributed by atoms with Crippen molar-refractivity contribution in [2.45, 2.75) is 31.7 Å². The summed E-state index contributed by atoms with van der Waals surface area (Å²) in [6, 6.07) is 6.53. The molecule has 5 nitrogen and oxygen atoms in total. The summed E-state index contributed by atoms with van der Waals surface area (Å²) < 4.78 is 1.15. The van der Waals surface area contributed by atoms with Crippen molar-refractivity contribution >= 4 is 45.2 Å². The second-order valence-electron chi connectivity index (χ2n) is 5.26. The van der Waals surface area contributed by atoms with Gasteiger partial charge in [0.1, 0.15) is 12.1 Å². The molecule has 1 heterocycles. The van der Waals surface area contributed by atoms with E-state index < -0.39 is 0 Å². The van der Waals surface area contributed by atoms with Gasteiger partial charge in [-0.05, 0) is 60.1 Å². The molecule has 2 N–H and O–H groups in total. The lowest BCUT2D eigenvalue weighted by atomic mass is 10.2. The first-order valence-electron chi connectivity index (χ1n) is 7.16. The molecule has 1 aliphatic rings. The quantitative estimate of drug-likeness (QED) is 0.582. The Bertz CT molecular complexity index is 657. The van der Waals surface area contributed by atoms with Crippen molar-refractivity contribution in [1.29, 1.82) is 0 Å². The fourth-order valence-corrected chi connectivity index (χ4v) is 2.64. The lowest BCUT2D eigenvalue weighted by Crippen LogP contribution is -2.25. The molecule has 6 heteroatoms. The molecule has 0 radical (unpaired) electrons. The largest absolute Gasteiger partial charge is 0.369 e. The van der Waals surface area contributed by atoms with E-state index in [2.05, 4.69) is 49.3 Å². The summed E-state index contributed by atoms with van der Waals surface area (Å²) in [5, 5.41) is 7.32. The predicted molar refractivity (Wildman–Crippen MR) is 91.1 cm³/mol. The summed E-state index contributed by atoms with van der Waals surface area (Å²) in [5.74, 6) is 0.988. The number of amides is 1. The van der Waals surface area contributed by atoms with Crippen molar-refractivity contribution in [3.63, 3.8) is 0 Å². The van der Waals surface area contributed by atoms with Crippen LogP contribution in [0.25, 0.3) is 10.9 Å². The van der Waals surface area contributed by atoms with E-state index in [9.17, 15) is 4.79 Å². The number of halogens is 1. The van der Waals surface area contributed by atoms with Gasteiger partial charge in [0.05, 0.1) is 5.52 Å². The van der Waals surface area contributed by atoms with Crippen LogP contribution in [0.1, 0.15) is 25.7 Å². The summed E-state index contributed by atoms with van der Waals surface area (Å²) >= 11 is 2.28. The van der Waals surface area contributed by atoms with E-state index in [4.69, 9.17) is 0 Å². The maximum atomic E-state index is 11.6. The van der Waals surface area contributed by atoms with Crippen LogP contribution in [0.2, 0.25) is 0 Å². The van der Waals surface area contributed by atoms with Gasteiger partial charge >= 0.3 is 0 Å². The molecule has 0 bridgehead atoms. The second kappa shape index (κ2) is 6.55. The SMILES string of the molecule is O=C(CCCNc1ncnc2ccc(I)cc12)NC1CC1. The number of rotatable bonds is 6. The van der Waals surface area contributed by atoms with Gasteiger partial charge in [-0.1, -0.05) is 0 Å². The molecular weight excluding hydrogens is 379 g/mol. The van der Waals surface area contributed by atoms with Crippen LogP contribution in [-0.2, 0) is 4.79 Å². The highest BCUT2D eigenvalue weighted by atomic mass is 127. The molecule has 1 fully saturated rings. The van der Waals surface area contributed by atoms with E-state index in [-0.39, 0.29) is 5.91 Å². The molecule has 0 saturated heterocycles. The van der Waals surface area contributed by atoms with Gasteiger partial charge in [0, 0.05) is 28.0 Å². The zero-order valence-corrected chi connectivity index (χ0v) is 13.8. The maximum absolute atomic E-state index is 11.6. The number of anilines is 1. The minimum absolute atomic E-state index is 0.154. The first kappa shape index (κ1) is 14.5. The molecule has 0 aliphatic heterocycles. The third kappa shape index (κ3) is 4.03. The molecular formula is C15H17IN4O. The minimum Gasteiger partial charge on any atom is -0.369 e. The van der Waals surface area contributed by atoms with E-state index in [1.54, 1.807) is 6.33 Å². The van der Waals surface area contributed by atoms with Crippen LogP contribution in [0.4, 0.5) is 5.82 Å². The Balaban J connectivity index is 1.55. The molecule has 0 spiro atoms. The molecule has 0 unspecified atom stereocenters. The number of benzene rings is 1. The van der Waals surface area contributed by atoms with Crippen molar-refractivity contribution in [2.24, 2.45) is 0 Å². The maximum Gasteiger partial charge on any atom is 0.220 e. The number of aromatic nitrogens is 2. The van der Waals surface area contributed by atoms with Gasteiger partial charge in [-0.2, -0.15) is 0 Å². The van der Waals surface area contributed by atoms with Crippen LogP contribution in [0.5, 0.6) is 0 Å². The number of hydrogen-bond acceptors (Lipinski definition) is 4. The van der Waals surface area contributed by atoms with Crippen molar-refractivity contribution in [3.8, 4) is 0 Å². The van der Waals surface area contributed by atoms with Gasteiger partial charge in [-0.15, -0.1) is 0 Å². The molecule has 110 valence electrons. The van der Waals surface area contributed by atoms with E-state index >= 15 is 0 Å². The average Bonchev–Trinajstić information content (AvgIpc) is 3.27. The first-order valence-corrected chi connectivity index (χ1v) is 8.24. The van der Waals surface area contributed by atoms with Crippen molar-refractivity contribution in [2.75, 3.05) is 11.9 Å². The van der Waals surface area contributed by atoms with Crippen LogP contribution in [0, 0.1) is 3.57 Å². The molecule has 1 aliphatic carbocycles. The van der Waals surface area contributed by atoms with Crippen molar-refractivity contribution < 1.29 is 4.79 Å². The lowest BCUT2D eigenvalue weighted by molar-refractivity contribution is -0.121. The molecule has 21 heavy (non-hydrogen) atoms. The number of carbonyl (C=O) groups excluding carboxylic acids is 1. The summed E-state index contributed by atoms with van der Waals surface area (Å²) in [6.07, 6.45) is 5.19. The van der Waals surface area contributed by atoms with Gasteiger partial charge in [-0.25, -0.2) is 9.97 Å². The highest BCUT2D eigenvalue weighted by Gasteiger charge is 2.22. The zero-order chi connectivity index (χ0) is 14.7. The summed E-state index contributed by atoms with van der Waals surface area (Å²) in [7, 11) is 0. The predicted octanol–water partition coefficient (Wildman–Crippen LogP) is 2.71. The number of carbonyl (C=O) groups is 1. The smallest absolute Gasteiger partial charge is 0.220 e. The zero-order valence-electron chi connectivity index (χ0n) is 11.6. The van der Waals surface area contributed by atoms with Gasteiger partial charge < -0.3 is 10.6 Å². The van der Waals surface area contributed by atoms with E-state index in [0.29, 0.717) is 12.5 Å². The average molecular weight is 396 g/mol. The molecule has 2 aromatic rings. The molecule has 1 aromatic carbocycles. The van der Waals surface area contributed by atoms with Crippen LogP contribution >= 0.6 is 22.6 Å². The van der Waals surface area contributed by atoms with Crippen molar-refractivity contribution in [3.05, 3.63) is 28.1 Å². The Morgan fingerprint density at radius 3 is 3.00 bits per heavy atom. The van der Waals surface area contributed by atoms with Gasteiger partial charge in [0.25, 0.3) is 0 Å². The molecule has 0 atom stereocenters. The normalized spacial score (nSPS) is 14.1. The van der Waals surface area contributed by atoms with E-state index in [1.807, 2.05) is 12.1 Å². The highest BCUT2D eigenvalue weighted by molar-refractivity contribution is 14.1. The fraction of sp³-hybridized carbons (Fsp3) is 0.400. The third-order valence-corrected chi connectivity index (χ3v) is 4.08. The van der Waals surface area contributed by atoms with Gasteiger partial charge in [0.15, 0.2) is 0 Å². The van der Waals surface area contributed by atoms with Crippen LogP contribution in [-0.4, -0.2) is 28.5 Å². The summed E-state index contributed by atoms with van der Waals surface area (Å²) in [6.45, 7) is 0.732. The first-order chi connectivity index (χ1) is 10.2. The number of nitrogens with zero attached hydrogens (tertiary/aromatic N) is 2. The second-order valence-corrected chi connectivity index (χ2v) is 6.50. The Morgan fingerprint density at radius 2 is 2.19 bits per heavy atom. The number of nitrogens with one attached hydrogen (secondary N) is 2. The van der Waals surface area contributed by atoms with Gasteiger partial charge in [0.2, 0.25) is 5.91 Å². The van der Waals surface area contributed by atoms with Crippen LogP contribution in [0.15, 0.2) is 24.5 Å². The monoisotopic (exact) mass is 396 g/mol. The molecule has 1 aromatic heterocycles. The summed E-state index contributed by atoms with van der Waals surface area (Å²) in [4.78, 5) is 20.2. The Morgan fingerprint density at radius 1 is 1.33 bits per heavy atom. The van der Waals surface area contributed by atoms with E-state index in [1.165, 1.54) is 0 Å².